The van der Waals surface area contributed by atoms with E-state index in [9.17, 15) is 9.90 Å². The maximum absolute atomic E-state index is 12.4. The van der Waals surface area contributed by atoms with E-state index in [1.807, 2.05) is 59.2 Å². The van der Waals surface area contributed by atoms with Crippen molar-refractivity contribution in [3.63, 3.8) is 0 Å². The van der Waals surface area contributed by atoms with E-state index in [1.165, 1.54) is 0 Å². The summed E-state index contributed by atoms with van der Waals surface area (Å²) in [6, 6.07) is 18.0. The molecule has 1 aliphatic heterocycles. The van der Waals surface area contributed by atoms with Gasteiger partial charge in [0.15, 0.2) is 0 Å². The summed E-state index contributed by atoms with van der Waals surface area (Å²) in [6.07, 6.45) is 1.30. The second kappa shape index (κ2) is 8.73. The summed E-state index contributed by atoms with van der Waals surface area (Å²) in [4.78, 5) is 17.6. The van der Waals surface area contributed by atoms with Crippen molar-refractivity contribution in [3.8, 4) is 0 Å². The van der Waals surface area contributed by atoms with Gasteiger partial charge in [-0.2, -0.15) is 0 Å². The van der Waals surface area contributed by atoms with E-state index in [0.717, 1.165) is 42.5 Å². The zero-order chi connectivity index (χ0) is 19.3. The van der Waals surface area contributed by atoms with E-state index >= 15 is 0 Å². The van der Waals surface area contributed by atoms with E-state index in [0.29, 0.717) is 19.8 Å². The van der Waals surface area contributed by atoms with Crippen LogP contribution in [0.2, 0.25) is 0 Å². The van der Waals surface area contributed by atoms with Crippen LogP contribution < -0.4 is 5.69 Å². The van der Waals surface area contributed by atoms with Crippen LogP contribution in [-0.4, -0.2) is 51.9 Å². The first kappa shape index (κ1) is 18.9. The van der Waals surface area contributed by atoms with Crippen molar-refractivity contribution in [1.29, 1.82) is 0 Å². The van der Waals surface area contributed by atoms with E-state index in [1.54, 1.807) is 0 Å². The Bertz CT molecular complexity index is 942. The minimum atomic E-state index is -0.504. The number of imidazole rings is 1. The highest BCUT2D eigenvalue weighted by Crippen LogP contribution is 2.24. The van der Waals surface area contributed by atoms with Crippen LogP contribution >= 0.6 is 0 Å². The van der Waals surface area contributed by atoms with Crippen molar-refractivity contribution in [2.45, 2.75) is 31.6 Å². The molecule has 1 saturated heterocycles. The van der Waals surface area contributed by atoms with Gasteiger partial charge in [0, 0.05) is 25.7 Å². The van der Waals surface area contributed by atoms with Crippen molar-refractivity contribution < 1.29 is 9.84 Å². The van der Waals surface area contributed by atoms with Crippen LogP contribution in [0.4, 0.5) is 0 Å². The van der Waals surface area contributed by atoms with Crippen molar-refractivity contribution in [3.05, 3.63) is 70.6 Å². The van der Waals surface area contributed by atoms with E-state index in [4.69, 9.17) is 4.74 Å². The standard InChI is InChI=1S/C22H27N3O3/c26-19(16-28-15-17-6-2-1-3-7-17)14-24-12-10-18(11-13-24)25-21-9-5-4-8-20(21)23-22(25)27/h1-9,18-19,26H,10-16H2,(H,23,27). The molecule has 28 heavy (non-hydrogen) atoms. The van der Waals surface area contributed by atoms with Gasteiger partial charge in [0.1, 0.15) is 0 Å². The van der Waals surface area contributed by atoms with E-state index < -0.39 is 6.10 Å². The molecule has 1 unspecified atom stereocenters. The molecule has 0 bridgehead atoms. The lowest BCUT2D eigenvalue weighted by Gasteiger charge is -2.33. The number of fused-ring (bicyclic) bond motifs is 1. The van der Waals surface area contributed by atoms with Gasteiger partial charge < -0.3 is 19.7 Å². The number of ether oxygens (including phenoxy) is 1. The number of H-pyrrole nitrogens is 1. The monoisotopic (exact) mass is 381 g/mol. The number of rotatable bonds is 7. The number of aromatic amines is 1. The van der Waals surface area contributed by atoms with Crippen molar-refractivity contribution in [2.24, 2.45) is 0 Å². The van der Waals surface area contributed by atoms with Gasteiger partial charge >= 0.3 is 5.69 Å². The Morgan fingerprint density at radius 2 is 1.79 bits per heavy atom. The fraction of sp³-hybridized carbons (Fsp3) is 0.409. The molecule has 3 aromatic rings. The van der Waals surface area contributed by atoms with Crippen molar-refractivity contribution >= 4 is 11.0 Å². The molecule has 2 N–H and O–H groups in total. The average Bonchev–Trinajstić information content (AvgIpc) is 3.05. The fourth-order valence-corrected chi connectivity index (χ4v) is 4.03. The third-order valence-electron chi connectivity index (χ3n) is 5.44. The van der Waals surface area contributed by atoms with Gasteiger partial charge in [-0.25, -0.2) is 4.79 Å². The first-order valence-corrected chi connectivity index (χ1v) is 9.92. The number of nitrogens with zero attached hydrogens (tertiary/aromatic N) is 2. The SMILES string of the molecule is O=c1[nH]c2ccccc2n1C1CCN(CC(O)COCc2ccccc2)CC1. The van der Waals surface area contributed by atoms with Gasteiger partial charge in [0.2, 0.25) is 0 Å². The number of nitrogens with one attached hydrogen (secondary N) is 1. The molecule has 0 amide bonds. The topological polar surface area (TPSA) is 70.5 Å². The molecule has 1 fully saturated rings. The van der Waals surface area contributed by atoms with Gasteiger partial charge in [0.05, 0.1) is 30.4 Å². The highest BCUT2D eigenvalue weighted by Gasteiger charge is 2.24. The summed E-state index contributed by atoms with van der Waals surface area (Å²) in [5.41, 5.74) is 2.94. The van der Waals surface area contributed by atoms with Crippen molar-refractivity contribution in [1.82, 2.24) is 14.5 Å². The number of aromatic nitrogens is 2. The van der Waals surface area contributed by atoms with Gasteiger partial charge in [-0.3, -0.25) is 4.57 Å². The average molecular weight is 381 g/mol. The quantitative estimate of drug-likeness (QED) is 0.660. The molecule has 1 aromatic heterocycles. The predicted octanol–water partition coefficient (Wildman–Crippen LogP) is 2.54. The molecule has 1 aliphatic rings. The van der Waals surface area contributed by atoms with Gasteiger partial charge in [-0.15, -0.1) is 0 Å². The van der Waals surface area contributed by atoms with Gasteiger partial charge in [-0.1, -0.05) is 42.5 Å². The summed E-state index contributed by atoms with van der Waals surface area (Å²) in [7, 11) is 0. The number of benzene rings is 2. The summed E-state index contributed by atoms with van der Waals surface area (Å²) in [6.45, 7) is 3.18. The molecule has 6 heteroatoms. The number of hydrogen-bond donors (Lipinski definition) is 2. The normalized spacial score (nSPS) is 17.2. The zero-order valence-electron chi connectivity index (χ0n) is 16.0. The Morgan fingerprint density at radius 1 is 1.07 bits per heavy atom. The lowest BCUT2D eigenvalue weighted by Crippen LogP contribution is -2.41. The highest BCUT2D eigenvalue weighted by atomic mass is 16.5. The molecule has 0 aliphatic carbocycles. The Balaban J connectivity index is 1.26. The largest absolute Gasteiger partial charge is 0.389 e. The van der Waals surface area contributed by atoms with Crippen LogP contribution in [0.25, 0.3) is 11.0 Å². The number of likely N-dealkylation sites (tertiary alicyclic amines) is 1. The third-order valence-corrected chi connectivity index (χ3v) is 5.44. The van der Waals surface area contributed by atoms with Crippen LogP contribution in [-0.2, 0) is 11.3 Å². The smallest absolute Gasteiger partial charge is 0.326 e. The number of aliphatic hydroxyl groups is 1. The first-order chi connectivity index (χ1) is 13.7. The molecular formula is C22H27N3O3. The van der Waals surface area contributed by atoms with Crippen LogP contribution in [0, 0.1) is 0 Å². The number of aliphatic hydroxyl groups excluding tert-OH is 1. The summed E-state index contributed by atoms with van der Waals surface area (Å²) in [5, 5.41) is 10.3. The molecule has 0 spiro atoms. The number of piperidine rings is 1. The predicted molar refractivity (Wildman–Crippen MR) is 109 cm³/mol. The van der Waals surface area contributed by atoms with Crippen LogP contribution in [0.3, 0.4) is 0 Å². The molecule has 0 saturated carbocycles. The van der Waals surface area contributed by atoms with Crippen LogP contribution in [0.1, 0.15) is 24.4 Å². The summed E-state index contributed by atoms with van der Waals surface area (Å²) in [5.74, 6) is 0. The number of β-amino-alcohol motifs (C(OH)–C–C–N with tert-alkyl or cyclic N) is 1. The second-order valence-electron chi connectivity index (χ2n) is 7.50. The minimum Gasteiger partial charge on any atom is -0.389 e. The molecule has 2 aromatic carbocycles. The number of hydrogen-bond acceptors (Lipinski definition) is 4. The second-order valence-corrected chi connectivity index (χ2v) is 7.50. The zero-order valence-corrected chi connectivity index (χ0v) is 16.0. The minimum absolute atomic E-state index is 0.0333. The Hall–Kier alpha value is -2.41. The molecule has 0 radical (unpaired) electrons. The Morgan fingerprint density at radius 3 is 2.57 bits per heavy atom. The molecular weight excluding hydrogens is 354 g/mol. The highest BCUT2D eigenvalue weighted by molar-refractivity contribution is 5.75. The summed E-state index contributed by atoms with van der Waals surface area (Å²) < 4.78 is 7.54. The van der Waals surface area contributed by atoms with Crippen LogP contribution in [0.5, 0.6) is 0 Å². The van der Waals surface area contributed by atoms with Crippen LogP contribution in [0.15, 0.2) is 59.4 Å². The lowest BCUT2D eigenvalue weighted by atomic mass is 10.0. The Kier molecular flexibility index (Phi) is 5.90. The molecule has 6 nitrogen and oxygen atoms in total. The Labute approximate surface area is 164 Å². The van der Waals surface area contributed by atoms with E-state index in [2.05, 4.69) is 9.88 Å². The maximum Gasteiger partial charge on any atom is 0.326 e. The maximum atomic E-state index is 12.4. The fourth-order valence-electron chi connectivity index (χ4n) is 4.03. The summed E-state index contributed by atoms with van der Waals surface area (Å²) >= 11 is 0. The third kappa shape index (κ3) is 4.35. The first-order valence-electron chi connectivity index (χ1n) is 9.92. The van der Waals surface area contributed by atoms with Gasteiger partial charge in [0.25, 0.3) is 0 Å². The molecule has 4 rings (SSSR count). The molecule has 1 atom stereocenters. The van der Waals surface area contributed by atoms with Gasteiger partial charge in [-0.05, 0) is 30.5 Å². The molecule has 148 valence electrons. The van der Waals surface area contributed by atoms with E-state index in [-0.39, 0.29) is 11.7 Å². The van der Waals surface area contributed by atoms with Crippen molar-refractivity contribution in [2.75, 3.05) is 26.2 Å². The number of para-hydroxylation sites is 2. The lowest BCUT2D eigenvalue weighted by molar-refractivity contribution is 0.00489. The molecule has 2 heterocycles.